The van der Waals surface area contributed by atoms with Crippen LogP contribution in [0, 0.1) is 12.3 Å². The van der Waals surface area contributed by atoms with Crippen molar-refractivity contribution in [3.8, 4) is 5.69 Å². The van der Waals surface area contributed by atoms with E-state index in [0.29, 0.717) is 17.2 Å². The summed E-state index contributed by atoms with van der Waals surface area (Å²) in [4.78, 5) is 19.4. The standard InChI is InChI=1S/C21H29N5O.ClH/c1-15(2)17-6-4-5-7-18(17)26-16(3)23-19(24-26)20(27)25-12-9-21(10-13-25)8-11-22-14-21;/h4-7,15,22H,8-14H2,1-3H3;1H. The van der Waals surface area contributed by atoms with Crippen molar-refractivity contribution in [1.29, 1.82) is 0 Å². The van der Waals surface area contributed by atoms with Gasteiger partial charge in [-0.2, -0.15) is 0 Å². The average Bonchev–Trinajstić information content (AvgIpc) is 3.29. The normalized spacial score (nSPS) is 18.5. The maximum absolute atomic E-state index is 13.0. The van der Waals surface area contributed by atoms with Crippen LogP contribution < -0.4 is 5.32 Å². The van der Waals surface area contributed by atoms with Gasteiger partial charge in [-0.3, -0.25) is 4.79 Å². The summed E-state index contributed by atoms with van der Waals surface area (Å²) in [6.45, 7) is 10.0. The van der Waals surface area contributed by atoms with E-state index in [1.807, 2.05) is 34.7 Å². The Labute approximate surface area is 173 Å². The van der Waals surface area contributed by atoms with Crippen LogP contribution in [0.2, 0.25) is 0 Å². The van der Waals surface area contributed by atoms with E-state index in [4.69, 9.17) is 0 Å². The van der Waals surface area contributed by atoms with Crippen molar-refractivity contribution in [3.63, 3.8) is 0 Å². The molecule has 0 bridgehead atoms. The molecule has 0 atom stereocenters. The lowest BCUT2D eigenvalue weighted by Crippen LogP contribution is -2.44. The number of carbonyl (C=O) groups excluding carboxylic acids is 1. The lowest BCUT2D eigenvalue weighted by atomic mass is 9.78. The summed E-state index contributed by atoms with van der Waals surface area (Å²) in [5.74, 6) is 1.40. The van der Waals surface area contributed by atoms with Crippen LogP contribution in [0.1, 0.15) is 61.0 Å². The largest absolute Gasteiger partial charge is 0.336 e. The minimum atomic E-state index is -0.0420. The maximum atomic E-state index is 13.0. The fourth-order valence-corrected chi connectivity index (χ4v) is 4.43. The Kier molecular flexibility index (Phi) is 6.10. The fourth-order valence-electron chi connectivity index (χ4n) is 4.43. The monoisotopic (exact) mass is 403 g/mol. The highest BCUT2D eigenvalue weighted by molar-refractivity contribution is 5.90. The molecule has 0 saturated carbocycles. The molecule has 2 aliphatic heterocycles. The number of para-hydroxylation sites is 1. The van der Waals surface area contributed by atoms with E-state index in [1.165, 1.54) is 12.0 Å². The number of aromatic nitrogens is 3. The molecule has 2 saturated heterocycles. The van der Waals surface area contributed by atoms with E-state index in [2.05, 4.69) is 35.3 Å². The molecule has 1 spiro atoms. The van der Waals surface area contributed by atoms with Gasteiger partial charge >= 0.3 is 0 Å². The lowest BCUT2D eigenvalue weighted by Gasteiger charge is -2.38. The van der Waals surface area contributed by atoms with E-state index >= 15 is 0 Å². The third-order valence-corrected chi connectivity index (χ3v) is 6.19. The summed E-state index contributed by atoms with van der Waals surface area (Å²) in [6.07, 6.45) is 3.37. The van der Waals surface area contributed by atoms with Crippen molar-refractivity contribution in [2.24, 2.45) is 5.41 Å². The summed E-state index contributed by atoms with van der Waals surface area (Å²) < 4.78 is 1.81. The fraction of sp³-hybridized carbons (Fsp3) is 0.571. The molecule has 1 N–H and O–H groups in total. The zero-order valence-corrected chi connectivity index (χ0v) is 17.8. The van der Waals surface area contributed by atoms with Crippen LogP contribution >= 0.6 is 12.4 Å². The number of amides is 1. The Bertz CT molecular complexity index is 831. The second kappa shape index (κ2) is 8.21. The highest BCUT2D eigenvalue weighted by atomic mass is 35.5. The Morgan fingerprint density at radius 1 is 1.18 bits per heavy atom. The summed E-state index contributed by atoms with van der Waals surface area (Å²) in [5.41, 5.74) is 2.61. The van der Waals surface area contributed by atoms with Crippen molar-refractivity contribution in [3.05, 3.63) is 41.5 Å². The minimum absolute atomic E-state index is 0. The Balaban J connectivity index is 0.00000225. The quantitative estimate of drug-likeness (QED) is 0.853. The van der Waals surface area contributed by atoms with Gasteiger partial charge in [0.1, 0.15) is 5.82 Å². The van der Waals surface area contributed by atoms with Gasteiger partial charge in [-0.15, -0.1) is 17.5 Å². The van der Waals surface area contributed by atoms with Crippen molar-refractivity contribution >= 4 is 18.3 Å². The second-order valence-electron chi connectivity index (χ2n) is 8.33. The van der Waals surface area contributed by atoms with Gasteiger partial charge < -0.3 is 10.2 Å². The first-order chi connectivity index (χ1) is 13.0. The molecule has 6 nitrogen and oxygen atoms in total. The molecular weight excluding hydrogens is 374 g/mol. The molecule has 3 heterocycles. The van der Waals surface area contributed by atoms with E-state index in [-0.39, 0.29) is 18.3 Å². The Morgan fingerprint density at radius 2 is 1.89 bits per heavy atom. The van der Waals surface area contributed by atoms with Gasteiger partial charge in [0.25, 0.3) is 5.91 Å². The van der Waals surface area contributed by atoms with Crippen molar-refractivity contribution in [2.75, 3.05) is 26.2 Å². The molecule has 152 valence electrons. The van der Waals surface area contributed by atoms with Gasteiger partial charge in [0.15, 0.2) is 0 Å². The molecule has 0 radical (unpaired) electrons. The third kappa shape index (κ3) is 3.80. The van der Waals surface area contributed by atoms with Gasteiger partial charge in [0.2, 0.25) is 5.82 Å². The molecular formula is C21H30ClN5O. The number of likely N-dealkylation sites (tertiary alicyclic amines) is 1. The number of nitrogens with one attached hydrogen (secondary N) is 1. The van der Waals surface area contributed by atoms with E-state index in [0.717, 1.165) is 50.5 Å². The molecule has 2 fully saturated rings. The maximum Gasteiger partial charge on any atom is 0.293 e. The molecule has 2 aromatic rings. The molecule has 0 unspecified atom stereocenters. The molecule has 1 amide bonds. The van der Waals surface area contributed by atoms with Crippen LogP contribution in [0.4, 0.5) is 0 Å². The smallest absolute Gasteiger partial charge is 0.293 e. The number of nitrogens with zero attached hydrogens (tertiary/aromatic N) is 4. The zero-order chi connectivity index (χ0) is 19.0. The van der Waals surface area contributed by atoms with Crippen LogP contribution in [0.15, 0.2) is 24.3 Å². The SMILES string of the molecule is Cc1nc(C(=O)N2CCC3(CCNC3)CC2)nn1-c1ccccc1C(C)C.Cl. The first-order valence-electron chi connectivity index (χ1n) is 10.0. The van der Waals surface area contributed by atoms with Crippen LogP contribution in [-0.4, -0.2) is 51.8 Å². The van der Waals surface area contributed by atoms with Crippen molar-refractivity contribution in [2.45, 2.75) is 46.0 Å². The predicted molar refractivity (Wildman–Crippen MR) is 112 cm³/mol. The van der Waals surface area contributed by atoms with Crippen LogP contribution in [-0.2, 0) is 0 Å². The topological polar surface area (TPSA) is 63.1 Å². The van der Waals surface area contributed by atoms with Crippen molar-refractivity contribution in [1.82, 2.24) is 25.0 Å². The number of hydrogen-bond acceptors (Lipinski definition) is 4. The average molecular weight is 404 g/mol. The molecule has 28 heavy (non-hydrogen) atoms. The summed E-state index contributed by atoms with van der Waals surface area (Å²) >= 11 is 0. The number of aryl methyl sites for hydroxylation is 1. The second-order valence-corrected chi connectivity index (χ2v) is 8.33. The van der Waals surface area contributed by atoms with E-state index < -0.39 is 0 Å². The highest BCUT2D eigenvalue weighted by Gasteiger charge is 2.38. The number of halogens is 1. The van der Waals surface area contributed by atoms with Gasteiger partial charge in [-0.25, -0.2) is 9.67 Å². The molecule has 1 aromatic carbocycles. The number of piperidine rings is 1. The molecule has 7 heteroatoms. The van der Waals surface area contributed by atoms with E-state index in [1.54, 1.807) is 0 Å². The van der Waals surface area contributed by atoms with Gasteiger partial charge in [-0.1, -0.05) is 32.0 Å². The van der Waals surface area contributed by atoms with Gasteiger partial charge in [0.05, 0.1) is 5.69 Å². The number of carbonyl (C=O) groups is 1. The number of benzene rings is 1. The molecule has 4 rings (SSSR count). The van der Waals surface area contributed by atoms with Crippen molar-refractivity contribution < 1.29 is 4.79 Å². The first-order valence-corrected chi connectivity index (χ1v) is 10.0. The van der Waals surface area contributed by atoms with Gasteiger partial charge in [0, 0.05) is 19.6 Å². The van der Waals surface area contributed by atoms with Crippen LogP contribution in [0.25, 0.3) is 5.69 Å². The Morgan fingerprint density at radius 3 is 2.54 bits per heavy atom. The highest BCUT2D eigenvalue weighted by Crippen LogP contribution is 2.37. The lowest BCUT2D eigenvalue weighted by molar-refractivity contribution is 0.0596. The molecule has 1 aromatic heterocycles. The minimum Gasteiger partial charge on any atom is -0.336 e. The van der Waals surface area contributed by atoms with Crippen LogP contribution in [0.3, 0.4) is 0 Å². The summed E-state index contributed by atoms with van der Waals surface area (Å²) in [7, 11) is 0. The number of hydrogen-bond donors (Lipinski definition) is 1. The summed E-state index contributed by atoms with van der Waals surface area (Å²) in [6, 6.07) is 8.20. The third-order valence-electron chi connectivity index (χ3n) is 6.19. The first kappa shape index (κ1) is 20.8. The van der Waals surface area contributed by atoms with Gasteiger partial charge in [-0.05, 0) is 55.7 Å². The van der Waals surface area contributed by atoms with Crippen LogP contribution in [0.5, 0.6) is 0 Å². The Hall–Kier alpha value is -1.92. The summed E-state index contributed by atoms with van der Waals surface area (Å²) in [5, 5.41) is 8.06. The molecule has 0 aliphatic carbocycles. The zero-order valence-electron chi connectivity index (χ0n) is 16.9. The molecule has 2 aliphatic rings. The number of rotatable bonds is 3. The predicted octanol–water partition coefficient (Wildman–Crippen LogP) is 3.34. The van der Waals surface area contributed by atoms with E-state index in [9.17, 15) is 4.79 Å².